The van der Waals surface area contributed by atoms with Gasteiger partial charge in [0, 0.05) is 15.5 Å². The summed E-state index contributed by atoms with van der Waals surface area (Å²) in [5.41, 5.74) is 1.74. The first-order valence-corrected chi connectivity index (χ1v) is 8.86. The van der Waals surface area contributed by atoms with Crippen LogP contribution in [0.2, 0.25) is 5.02 Å². The second-order valence-electron chi connectivity index (χ2n) is 5.68. The molecule has 0 amide bonds. The second kappa shape index (κ2) is 6.85. The van der Waals surface area contributed by atoms with Crippen LogP contribution in [-0.2, 0) is 17.6 Å². The van der Waals surface area contributed by atoms with Crippen LogP contribution < -0.4 is 0 Å². The van der Waals surface area contributed by atoms with Crippen LogP contribution in [0.5, 0.6) is 0 Å². The third kappa shape index (κ3) is 3.65. The maximum Gasteiger partial charge on any atom is 0.349 e. The maximum absolute atomic E-state index is 12.3. The molecule has 1 aromatic carbocycles. The smallest absolute Gasteiger partial charge is 0.349 e. The molecule has 1 aliphatic rings. The van der Waals surface area contributed by atoms with E-state index in [-0.39, 0.29) is 5.78 Å². The molecule has 0 N–H and O–H groups in total. The highest BCUT2D eigenvalue weighted by molar-refractivity contribution is 7.14. The number of carbonyl (C=O) groups excluding carboxylic acids is 2. The summed E-state index contributed by atoms with van der Waals surface area (Å²) in [4.78, 5) is 26.4. The molecule has 3 rings (SSSR count). The van der Waals surface area contributed by atoms with Crippen molar-refractivity contribution < 1.29 is 14.3 Å². The number of fused-ring (bicyclic) bond motifs is 1. The number of rotatable bonds is 4. The molecular formula is C18H17ClO3S. The molecule has 0 bridgehead atoms. The molecule has 0 radical (unpaired) electrons. The first kappa shape index (κ1) is 16.2. The Hall–Kier alpha value is -1.65. The summed E-state index contributed by atoms with van der Waals surface area (Å²) >= 11 is 7.31. The quantitative estimate of drug-likeness (QED) is 0.593. The fourth-order valence-electron chi connectivity index (χ4n) is 2.71. The van der Waals surface area contributed by atoms with Gasteiger partial charge in [0.2, 0.25) is 5.78 Å². The SMILES string of the molecule is C[C@@H](OC(=O)c1cc2c(s1)CCCC2)C(=O)c1ccc(Cl)cc1. The molecule has 1 aromatic heterocycles. The number of carbonyl (C=O) groups is 2. The fraction of sp³-hybridized carbons (Fsp3) is 0.333. The largest absolute Gasteiger partial charge is 0.450 e. The van der Waals surface area contributed by atoms with Gasteiger partial charge in [0.1, 0.15) is 4.88 Å². The van der Waals surface area contributed by atoms with Crippen molar-refractivity contribution in [2.45, 2.75) is 38.7 Å². The van der Waals surface area contributed by atoms with Crippen molar-refractivity contribution >= 4 is 34.7 Å². The van der Waals surface area contributed by atoms with Gasteiger partial charge in [0.15, 0.2) is 6.10 Å². The van der Waals surface area contributed by atoms with Gasteiger partial charge in [-0.2, -0.15) is 0 Å². The Bertz CT molecular complexity index is 710. The van der Waals surface area contributed by atoms with E-state index in [4.69, 9.17) is 16.3 Å². The topological polar surface area (TPSA) is 43.4 Å². The van der Waals surface area contributed by atoms with Crippen LogP contribution in [0, 0.1) is 0 Å². The van der Waals surface area contributed by atoms with Crippen LogP contribution in [0.3, 0.4) is 0 Å². The molecule has 0 fully saturated rings. The number of benzene rings is 1. The van der Waals surface area contributed by atoms with Gasteiger partial charge in [-0.05, 0) is 68.5 Å². The molecule has 0 saturated heterocycles. The highest BCUT2D eigenvalue weighted by atomic mass is 35.5. The first-order valence-electron chi connectivity index (χ1n) is 7.67. The zero-order valence-electron chi connectivity index (χ0n) is 12.8. The number of ketones is 1. The van der Waals surface area contributed by atoms with E-state index in [0.29, 0.717) is 15.5 Å². The van der Waals surface area contributed by atoms with E-state index in [1.54, 1.807) is 31.2 Å². The summed E-state index contributed by atoms with van der Waals surface area (Å²) in [7, 11) is 0. The Morgan fingerprint density at radius 1 is 1.17 bits per heavy atom. The number of hydrogen-bond donors (Lipinski definition) is 0. The van der Waals surface area contributed by atoms with E-state index >= 15 is 0 Å². The first-order chi connectivity index (χ1) is 11.0. The van der Waals surface area contributed by atoms with Crippen molar-refractivity contribution in [1.82, 2.24) is 0 Å². The Morgan fingerprint density at radius 3 is 2.57 bits per heavy atom. The molecule has 5 heteroatoms. The van der Waals surface area contributed by atoms with E-state index < -0.39 is 12.1 Å². The van der Waals surface area contributed by atoms with Crippen LogP contribution in [0.15, 0.2) is 30.3 Å². The van der Waals surface area contributed by atoms with Crippen molar-refractivity contribution in [3.63, 3.8) is 0 Å². The van der Waals surface area contributed by atoms with Gasteiger partial charge in [0.25, 0.3) is 0 Å². The number of Topliss-reactive ketones (excluding diaryl/α,β-unsaturated/α-hetero) is 1. The summed E-state index contributed by atoms with van der Waals surface area (Å²) in [5.74, 6) is -0.643. The standard InChI is InChI=1S/C18H17ClO3S/c1-11(17(20)12-6-8-14(19)9-7-12)22-18(21)16-10-13-4-2-3-5-15(13)23-16/h6-11H,2-5H2,1H3/t11-/m1/s1. The Labute approximate surface area is 144 Å². The average molecular weight is 349 g/mol. The average Bonchev–Trinajstić information content (AvgIpc) is 2.99. The molecule has 0 aliphatic heterocycles. The van der Waals surface area contributed by atoms with Crippen LogP contribution in [0.1, 0.15) is 50.2 Å². The number of halogens is 1. The number of hydrogen-bond acceptors (Lipinski definition) is 4. The molecule has 3 nitrogen and oxygen atoms in total. The molecule has 0 spiro atoms. The van der Waals surface area contributed by atoms with E-state index in [0.717, 1.165) is 12.8 Å². The van der Waals surface area contributed by atoms with Crippen molar-refractivity contribution in [3.05, 3.63) is 56.2 Å². The van der Waals surface area contributed by atoms with Crippen molar-refractivity contribution in [1.29, 1.82) is 0 Å². The molecular weight excluding hydrogens is 332 g/mol. The Kier molecular flexibility index (Phi) is 4.83. The van der Waals surface area contributed by atoms with Gasteiger partial charge in [-0.1, -0.05) is 11.6 Å². The van der Waals surface area contributed by atoms with Crippen LogP contribution >= 0.6 is 22.9 Å². The molecule has 2 aromatic rings. The number of thiophene rings is 1. The molecule has 1 aliphatic carbocycles. The summed E-state index contributed by atoms with van der Waals surface area (Å²) in [6.07, 6.45) is 3.59. The summed E-state index contributed by atoms with van der Waals surface area (Å²) in [5, 5.41) is 0.565. The fourth-order valence-corrected chi connectivity index (χ4v) is 3.97. The predicted octanol–water partition coefficient (Wildman–Crippen LogP) is 4.71. The molecule has 0 saturated carbocycles. The van der Waals surface area contributed by atoms with Gasteiger partial charge in [-0.15, -0.1) is 11.3 Å². The van der Waals surface area contributed by atoms with Gasteiger partial charge in [-0.3, -0.25) is 4.79 Å². The van der Waals surface area contributed by atoms with Gasteiger partial charge in [-0.25, -0.2) is 4.79 Å². The van der Waals surface area contributed by atoms with E-state index in [2.05, 4.69) is 0 Å². The van der Waals surface area contributed by atoms with Gasteiger partial charge in [0.05, 0.1) is 0 Å². The second-order valence-corrected chi connectivity index (χ2v) is 7.26. The summed E-state index contributed by atoms with van der Waals surface area (Å²) in [6, 6.07) is 8.49. The van der Waals surface area contributed by atoms with Crippen LogP contribution in [-0.4, -0.2) is 17.9 Å². The maximum atomic E-state index is 12.3. The van der Waals surface area contributed by atoms with E-state index in [1.807, 2.05) is 6.07 Å². The lowest BCUT2D eigenvalue weighted by atomic mass is 9.99. The Morgan fingerprint density at radius 2 is 1.87 bits per heavy atom. The highest BCUT2D eigenvalue weighted by Gasteiger charge is 2.23. The van der Waals surface area contributed by atoms with Crippen molar-refractivity contribution in [3.8, 4) is 0 Å². The zero-order chi connectivity index (χ0) is 16.4. The number of aryl methyl sites for hydroxylation is 2. The monoisotopic (exact) mass is 348 g/mol. The third-order valence-electron chi connectivity index (χ3n) is 3.98. The predicted molar refractivity (Wildman–Crippen MR) is 91.6 cm³/mol. The van der Waals surface area contributed by atoms with E-state index in [9.17, 15) is 9.59 Å². The summed E-state index contributed by atoms with van der Waals surface area (Å²) < 4.78 is 5.35. The third-order valence-corrected chi connectivity index (χ3v) is 5.45. The lowest BCUT2D eigenvalue weighted by molar-refractivity contribution is 0.0323. The van der Waals surface area contributed by atoms with Crippen molar-refractivity contribution in [2.24, 2.45) is 0 Å². The molecule has 23 heavy (non-hydrogen) atoms. The van der Waals surface area contributed by atoms with Gasteiger partial charge >= 0.3 is 5.97 Å². The van der Waals surface area contributed by atoms with E-state index in [1.165, 1.54) is 34.6 Å². The van der Waals surface area contributed by atoms with Crippen LogP contribution in [0.4, 0.5) is 0 Å². The molecule has 0 unspecified atom stereocenters. The number of ether oxygens (including phenoxy) is 1. The highest BCUT2D eigenvalue weighted by Crippen LogP contribution is 2.30. The number of esters is 1. The minimum absolute atomic E-state index is 0.226. The molecule has 120 valence electrons. The minimum atomic E-state index is -0.817. The Balaban J connectivity index is 1.68. The summed E-state index contributed by atoms with van der Waals surface area (Å²) in [6.45, 7) is 1.60. The minimum Gasteiger partial charge on any atom is -0.450 e. The lowest BCUT2D eigenvalue weighted by Crippen LogP contribution is -2.24. The molecule has 1 atom stereocenters. The normalized spacial score (nSPS) is 14.9. The molecule has 1 heterocycles. The zero-order valence-corrected chi connectivity index (χ0v) is 14.4. The van der Waals surface area contributed by atoms with Gasteiger partial charge < -0.3 is 4.74 Å². The lowest BCUT2D eigenvalue weighted by Gasteiger charge is -2.11. The van der Waals surface area contributed by atoms with Crippen molar-refractivity contribution in [2.75, 3.05) is 0 Å². The van der Waals surface area contributed by atoms with Crippen LogP contribution in [0.25, 0.3) is 0 Å².